The minimum atomic E-state index is -0.583. The molecule has 1 aromatic heterocycles. The van der Waals surface area contributed by atoms with Gasteiger partial charge in [-0.2, -0.15) is 0 Å². The molecule has 3 aromatic rings. The van der Waals surface area contributed by atoms with Crippen LogP contribution < -0.4 is 15.3 Å². The molecule has 1 atom stereocenters. The van der Waals surface area contributed by atoms with Gasteiger partial charge in [-0.3, -0.25) is 4.79 Å². The van der Waals surface area contributed by atoms with Crippen LogP contribution >= 0.6 is 11.6 Å². The van der Waals surface area contributed by atoms with E-state index in [9.17, 15) is 9.59 Å². The van der Waals surface area contributed by atoms with E-state index in [0.717, 1.165) is 54.6 Å². The third kappa shape index (κ3) is 3.95. The van der Waals surface area contributed by atoms with E-state index >= 15 is 0 Å². The Balaban J connectivity index is 1.50. The van der Waals surface area contributed by atoms with Crippen LogP contribution in [-0.4, -0.2) is 36.5 Å². The number of halogens is 1. The van der Waals surface area contributed by atoms with Gasteiger partial charge < -0.3 is 19.0 Å². The monoisotopic (exact) mass is 452 g/mol. The van der Waals surface area contributed by atoms with Gasteiger partial charge in [-0.1, -0.05) is 23.7 Å². The molecule has 1 fully saturated rings. The molecule has 0 N–H and O–H groups in total. The highest BCUT2D eigenvalue weighted by Crippen LogP contribution is 2.36. The average molecular weight is 453 g/mol. The number of carbonyl (C=O) groups excluding carboxylic acids is 1. The summed E-state index contributed by atoms with van der Waals surface area (Å²) in [5, 5.41) is 1.41. The van der Waals surface area contributed by atoms with Crippen molar-refractivity contribution in [3.8, 4) is 5.75 Å². The van der Waals surface area contributed by atoms with E-state index in [1.54, 1.807) is 6.07 Å². The Morgan fingerprint density at radius 1 is 1.12 bits per heavy atom. The summed E-state index contributed by atoms with van der Waals surface area (Å²) in [6.45, 7) is 4.29. The highest BCUT2D eigenvalue weighted by Gasteiger charge is 2.34. The quantitative estimate of drug-likeness (QED) is 0.546. The molecule has 2 aliphatic rings. The number of hydrogen-bond acceptors (Lipinski definition) is 5. The average Bonchev–Trinajstić information content (AvgIpc) is 2.80. The van der Waals surface area contributed by atoms with Gasteiger partial charge in [0.05, 0.1) is 12.2 Å². The molecule has 1 amide bonds. The maximum Gasteiger partial charge on any atom is 0.336 e. The van der Waals surface area contributed by atoms with Gasteiger partial charge in [-0.05, 0) is 61.6 Å². The van der Waals surface area contributed by atoms with Crippen LogP contribution in [0.2, 0.25) is 5.02 Å². The number of piperidine rings is 1. The van der Waals surface area contributed by atoms with Crippen LogP contribution in [0.1, 0.15) is 30.4 Å². The Morgan fingerprint density at radius 2 is 1.91 bits per heavy atom. The minimum absolute atomic E-state index is 0.0281. The lowest BCUT2D eigenvalue weighted by Gasteiger charge is -2.38. The smallest absolute Gasteiger partial charge is 0.336 e. The second-order valence-electron chi connectivity index (χ2n) is 8.53. The van der Waals surface area contributed by atoms with E-state index < -0.39 is 11.7 Å². The van der Waals surface area contributed by atoms with Crippen molar-refractivity contribution in [2.24, 2.45) is 0 Å². The van der Waals surface area contributed by atoms with Crippen LogP contribution in [0.15, 0.2) is 51.7 Å². The number of carbonyl (C=O) groups is 1. The normalized spacial score (nSPS) is 18.4. The zero-order valence-electron chi connectivity index (χ0n) is 18.0. The molecular formula is C25H25ClN2O4. The number of aryl methyl sites for hydroxylation is 1. The lowest BCUT2D eigenvalue weighted by Crippen LogP contribution is -2.51. The summed E-state index contributed by atoms with van der Waals surface area (Å²) >= 11 is 6.37. The summed E-state index contributed by atoms with van der Waals surface area (Å²) in [4.78, 5) is 29.5. The zero-order chi connectivity index (χ0) is 22.2. The first-order valence-corrected chi connectivity index (χ1v) is 11.4. The maximum atomic E-state index is 13.2. The van der Waals surface area contributed by atoms with Crippen LogP contribution in [0.25, 0.3) is 11.0 Å². The summed E-state index contributed by atoms with van der Waals surface area (Å²) in [6, 6.07) is 12.8. The number of fused-ring (bicyclic) bond motifs is 2. The van der Waals surface area contributed by atoms with Crippen LogP contribution in [0, 0.1) is 6.92 Å². The van der Waals surface area contributed by atoms with Gasteiger partial charge in [0.1, 0.15) is 11.3 Å². The molecule has 3 heterocycles. The fourth-order valence-electron chi connectivity index (χ4n) is 4.59. The first-order chi connectivity index (χ1) is 15.5. The molecule has 166 valence electrons. The van der Waals surface area contributed by atoms with Gasteiger partial charge in [-0.15, -0.1) is 0 Å². The van der Waals surface area contributed by atoms with E-state index in [-0.39, 0.29) is 5.91 Å². The number of nitrogens with zero attached hydrogens (tertiary/aromatic N) is 2. The Morgan fingerprint density at radius 3 is 2.72 bits per heavy atom. The molecule has 1 unspecified atom stereocenters. The van der Waals surface area contributed by atoms with Crippen LogP contribution in [0.5, 0.6) is 5.75 Å². The molecule has 7 heteroatoms. The summed E-state index contributed by atoms with van der Waals surface area (Å²) in [5.41, 5.74) is 2.66. The van der Waals surface area contributed by atoms with Crippen molar-refractivity contribution >= 4 is 34.2 Å². The number of benzene rings is 2. The Bertz CT molecular complexity index is 1230. The van der Waals surface area contributed by atoms with Crippen LogP contribution in [-0.2, 0) is 11.3 Å². The van der Waals surface area contributed by atoms with Crippen molar-refractivity contribution in [3.05, 3.63) is 69.0 Å². The first kappa shape index (κ1) is 20.9. The molecular weight excluding hydrogens is 428 g/mol. The SMILES string of the molecule is Cc1cc2oc(=O)cc(CN3CC(C(=O)N4CCCCC4)Oc4ccccc43)c2cc1Cl. The van der Waals surface area contributed by atoms with Crippen molar-refractivity contribution in [3.63, 3.8) is 0 Å². The van der Waals surface area contributed by atoms with E-state index in [2.05, 4.69) is 4.90 Å². The fourth-order valence-corrected chi connectivity index (χ4v) is 4.75. The number of likely N-dealkylation sites (tertiary alicyclic amines) is 1. The van der Waals surface area contributed by atoms with E-state index in [1.165, 1.54) is 6.07 Å². The molecule has 6 nitrogen and oxygen atoms in total. The molecule has 2 aromatic carbocycles. The van der Waals surface area contributed by atoms with Crippen LogP contribution in [0.3, 0.4) is 0 Å². The van der Waals surface area contributed by atoms with Gasteiger partial charge in [0.2, 0.25) is 0 Å². The number of para-hydroxylation sites is 2. The van der Waals surface area contributed by atoms with Gasteiger partial charge in [0.25, 0.3) is 5.91 Å². The maximum absolute atomic E-state index is 13.2. The molecule has 0 saturated carbocycles. The van der Waals surface area contributed by atoms with Gasteiger partial charge in [-0.25, -0.2) is 4.79 Å². The summed E-state index contributed by atoms with van der Waals surface area (Å²) in [5.74, 6) is 0.704. The lowest BCUT2D eigenvalue weighted by molar-refractivity contribution is -0.139. The molecule has 0 spiro atoms. The summed E-state index contributed by atoms with van der Waals surface area (Å²) < 4.78 is 11.5. The van der Waals surface area contributed by atoms with Gasteiger partial charge in [0.15, 0.2) is 6.10 Å². The van der Waals surface area contributed by atoms with Gasteiger partial charge >= 0.3 is 5.63 Å². The van der Waals surface area contributed by atoms with Crippen molar-refractivity contribution in [2.75, 3.05) is 24.5 Å². The molecule has 0 radical (unpaired) electrons. The minimum Gasteiger partial charge on any atom is -0.477 e. The molecule has 1 saturated heterocycles. The molecule has 0 bridgehead atoms. The third-order valence-corrected chi connectivity index (χ3v) is 6.68. The largest absolute Gasteiger partial charge is 0.477 e. The number of anilines is 1. The van der Waals surface area contributed by atoms with Crippen molar-refractivity contribution in [1.29, 1.82) is 0 Å². The molecule has 5 rings (SSSR count). The molecule has 0 aliphatic carbocycles. The molecule has 2 aliphatic heterocycles. The first-order valence-electron chi connectivity index (χ1n) is 11.0. The van der Waals surface area contributed by atoms with Crippen molar-refractivity contribution in [2.45, 2.75) is 38.8 Å². The Hall–Kier alpha value is -2.99. The molecule has 32 heavy (non-hydrogen) atoms. The standard InChI is InChI=1S/C25H25ClN2O4/c1-16-11-22-18(13-19(16)26)17(12-24(29)32-22)14-28-15-23(25(30)27-9-5-2-6-10-27)31-21-8-4-3-7-20(21)28/h3-4,7-8,11-13,23H,2,5-6,9-10,14-15H2,1H3. The fraction of sp³-hybridized carbons (Fsp3) is 0.360. The van der Waals surface area contributed by atoms with E-state index in [1.807, 2.05) is 42.2 Å². The summed E-state index contributed by atoms with van der Waals surface area (Å²) in [6.07, 6.45) is 2.64. The number of hydrogen-bond donors (Lipinski definition) is 0. The Kier molecular flexibility index (Phi) is 5.55. The number of amides is 1. The topological polar surface area (TPSA) is 63.0 Å². The summed E-state index contributed by atoms with van der Waals surface area (Å²) in [7, 11) is 0. The predicted octanol–water partition coefficient (Wildman–Crippen LogP) is 4.53. The predicted molar refractivity (Wildman–Crippen MR) is 125 cm³/mol. The van der Waals surface area contributed by atoms with Gasteiger partial charge in [0, 0.05) is 36.1 Å². The van der Waals surface area contributed by atoms with Crippen LogP contribution in [0.4, 0.5) is 5.69 Å². The third-order valence-electron chi connectivity index (χ3n) is 6.28. The lowest BCUT2D eigenvalue weighted by atomic mass is 10.1. The zero-order valence-corrected chi connectivity index (χ0v) is 18.7. The number of rotatable bonds is 3. The Labute approximate surface area is 191 Å². The second-order valence-corrected chi connectivity index (χ2v) is 8.94. The highest BCUT2D eigenvalue weighted by molar-refractivity contribution is 6.32. The van der Waals surface area contributed by atoms with E-state index in [0.29, 0.717) is 29.4 Å². The van der Waals surface area contributed by atoms with Crippen molar-refractivity contribution < 1.29 is 13.9 Å². The number of ether oxygens (including phenoxy) is 1. The second kappa shape index (κ2) is 8.51. The van der Waals surface area contributed by atoms with Crippen molar-refractivity contribution in [1.82, 2.24) is 4.90 Å². The van der Waals surface area contributed by atoms with E-state index in [4.69, 9.17) is 20.8 Å². The highest BCUT2D eigenvalue weighted by atomic mass is 35.5.